The first-order chi connectivity index (χ1) is 9.97. The molecule has 0 heterocycles. The van der Waals surface area contributed by atoms with Gasteiger partial charge in [-0.05, 0) is 25.5 Å². The fourth-order valence-electron chi connectivity index (χ4n) is 2.07. The molecule has 1 unspecified atom stereocenters. The lowest BCUT2D eigenvalue weighted by molar-refractivity contribution is -0.385. The molecule has 0 saturated heterocycles. The SMILES string of the molecule is Cc1cccc(COc2ccc([N+](=O)[O-])cc2C(C)O)c1. The monoisotopic (exact) mass is 287 g/mol. The summed E-state index contributed by atoms with van der Waals surface area (Å²) in [6.45, 7) is 3.90. The van der Waals surface area contributed by atoms with Crippen molar-refractivity contribution in [3.05, 3.63) is 69.3 Å². The molecule has 5 nitrogen and oxygen atoms in total. The lowest BCUT2D eigenvalue weighted by Gasteiger charge is -2.13. The van der Waals surface area contributed by atoms with Crippen molar-refractivity contribution in [2.45, 2.75) is 26.6 Å². The Balaban J connectivity index is 2.21. The van der Waals surface area contributed by atoms with Crippen LogP contribution in [-0.2, 0) is 6.61 Å². The lowest BCUT2D eigenvalue weighted by atomic mass is 10.1. The number of aryl methyl sites for hydroxylation is 1. The molecule has 21 heavy (non-hydrogen) atoms. The summed E-state index contributed by atoms with van der Waals surface area (Å²) in [6, 6.07) is 12.1. The average molecular weight is 287 g/mol. The second-order valence-electron chi connectivity index (χ2n) is 4.93. The van der Waals surface area contributed by atoms with E-state index in [0.29, 0.717) is 17.9 Å². The van der Waals surface area contributed by atoms with Gasteiger partial charge in [-0.2, -0.15) is 0 Å². The fraction of sp³-hybridized carbons (Fsp3) is 0.250. The van der Waals surface area contributed by atoms with Crippen LogP contribution in [-0.4, -0.2) is 10.0 Å². The van der Waals surface area contributed by atoms with Crippen LogP contribution >= 0.6 is 0 Å². The van der Waals surface area contributed by atoms with Gasteiger partial charge < -0.3 is 9.84 Å². The van der Waals surface area contributed by atoms with E-state index in [2.05, 4.69) is 0 Å². The first-order valence-corrected chi connectivity index (χ1v) is 6.62. The fourth-order valence-corrected chi connectivity index (χ4v) is 2.07. The Labute approximate surface area is 123 Å². The standard InChI is InChI=1S/C16H17NO4/c1-11-4-3-5-13(8-11)10-21-16-7-6-14(17(19)20)9-15(16)12(2)18/h3-9,12,18H,10H2,1-2H3. The number of hydrogen-bond donors (Lipinski definition) is 1. The number of benzene rings is 2. The zero-order valence-corrected chi connectivity index (χ0v) is 11.9. The molecule has 0 aliphatic heterocycles. The van der Waals surface area contributed by atoms with Gasteiger partial charge in [0.05, 0.1) is 11.0 Å². The highest BCUT2D eigenvalue weighted by Crippen LogP contribution is 2.29. The third-order valence-corrected chi connectivity index (χ3v) is 3.13. The Hall–Kier alpha value is -2.40. The molecule has 2 rings (SSSR count). The van der Waals surface area contributed by atoms with Crippen LogP contribution in [0.5, 0.6) is 5.75 Å². The van der Waals surface area contributed by atoms with Gasteiger partial charge in [0.2, 0.25) is 0 Å². The van der Waals surface area contributed by atoms with Gasteiger partial charge in [-0.1, -0.05) is 29.8 Å². The largest absolute Gasteiger partial charge is 0.489 e. The van der Waals surface area contributed by atoms with Crippen LogP contribution in [0.1, 0.15) is 29.7 Å². The van der Waals surface area contributed by atoms with E-state index in [1.807, 2.05) is 31.2 Å². The van der Waals surface area contributed by atoms with Gasteiger partial charge >= 0.3 is 0 Å². The summed E-state index contributed by atoms with van der Waals surface area (Å²) in [7, 11) is 0. The molecule has 0 fully saturated rings. The van der Waals surface area contributed by atoms with E-state index in [1.54, 1.807) is 6.92 Å². The highest BCUT2D eigenvalue weighted by molar-refractivity contribution is 5.45. The van der Waals surface area contributed by atoms with Gasteiger partial charge in [0.15, 0.2) is 0 Å². The average Bonchev–Trinajstić information content (AvgIpc) is 2.44. The van der Waals surface area contributed by atoms with E-state index < -0.39 is 11.0 Å². The Morgan fingerprint density at radius 3 is 2.67 bits per heavy atom. The predicted molar refractivity (Wildman–Crippen MR) is 79.2 cm³/mol. The first kappa shape index (κ1) is 15.0. The molecule has 0 amide bonds. The van der Waals surface area contributed by atoms with E-state index in [4.69, 9.17) is 4.74 Å². The number of non-ortho nitro benzene ring substituents is 1. The minimum Gasteiger partial charge on any atom is -0.489 e. The number of rotatable bonds is 5. The summed E-state index contributed by atoms with van der Waals surface area (Å²) in [4.78, 5) is 10.3. The van der Waals surface area contributed by atoms with Crippen molar-refractivity contribution in [2.24, 2.45) is 0 Å². The van der Waals surface area contributed by atoms with Crippen LogP contribution in [0.3, 0.4) is 0 Å². The Bertz CT molecular complexity index is 652. The van der Waals surface area contributed by atoms with Gasteiger partial charge in [-0.25, -0.2) is 0 Å². The maximum absolute atomic E-state index is 10.8. The van der Waals surface area contributed by atoms with Gasteiger partial charge in [0.25, 0.3) is 5.69 Å². The quantitative estimate of drug-likeness (QED) is 0.674. The number of ether oxygens (including phenoxy) is 1. The van der Waals surface area contributed by atoms with Crippen molar-refractivity contribution >= 4 is 5.69 Å². The molecule has 0 radical (unpaired) electrons. The first-order valence-electron chi connectivity index (χ1n) is 6.62. The number of hydrogen-bond acceptors (Lipinski definition) is 4. The number of aliphatic hydroxyl groups excluding tert-OH is 1. The summed E-state index contributed by atoms with van der Waals surface area (Å²) < 4.78 is 5.69. The van der Waals surface area contributed by atoms with Gasteiger partial charge in [0, 0.05) is 17.7 Å². The molecule has 2 aromatic rings. The van der Waals surface area contributed by atoms with Crippen LogP contribution in [0.25, 0.3) is 0 Å². The summed E-state index contributed by atoms with van der Waals surface area (Å²) in [6.07, 6.45) is -0.836. The molecule has 1 atom stereocenters. The molecular weight excluding hydrogens is 270 g/mol. The summed E-state index contributed by atoms with van der Waals surface area (Å²) >= 11 is 0. The normalized spacial score (nSPS) is 12.0. The van der Waals surface area contributed by atoms with Crippen molar-refractivity contribution in [1.82, 2.24) is 0 Å². The smallest absolute Gasteiger partial charge is 0.270 e. The number of nitrogens with zero attached hydrogens (tertiary/aromatic N) is 1. The molecule has 5 heteroatoms. The van der Waals surface area contributed by atoms with Crippen molar-refractivity contribution in [1.29, 1.82) is 0 Å². The Morgan fingerprint density at radius 2 is 2.05 bits per heavy atom. The second kappa shape index (κ2) is 6.37. The molecule has 2 aromatic carbocycles. The van der Waals surface area contributed by atoms with E-state index in [0.717, 1.165) is 11.1 Å². The van der Waals surface area contributed by atoms with Crippen molar-refractivity contribution in [3.63, 3.8) is 0 Å². The topological polar surface area (TPSA) is 72.6 Å². The molecule has 0 aromatic heterocycles. The van der Waals surface area contributed by atoms with Crippen molar-refractivity contribution in [3.8, 4) is 5.75 Å². The minimum absolute atomic E-state index is 0.0613. The Kier molecular flexibility index (Phi) is 4.55. The van der Waals surface area contributed by atoms with Crippen molar-refractivity contribution < 1.29 is 14.8 Å². The van der Waals surface area contributed by atoms with Crippen molar-refractivity contribution in [2.75, 3.05) is 0 Å². The number of nitro groups is 1. The van der Waals surface area contributed by atoms with Gasteiger partial charge in [0.1, 0.15) is 12.4 Å². The summed E-state index contributed by atoms with van der Waals surface area (Å²) in [5.74, 6) is 0.456. The van der Waals surface area contributed by atoms with E-state index in [1.165, 1.54) is 18.2 Å². The zero-order chi connectivity index (χ0) is 15.4. The predicted octanol–water partition coefficient (Wildman–Crippen LogP) is 3.54. The Morgan fingerprint density at radius 1 is 1.29 bits per heavy atom. The minimum atomic E-state index is -0.836. The molecule has 0 bridgehead atoms. The summed E-state index contributed by atoms with van der Waals surface area (Å²) in [5.41, 5.74) is 2.49. The van der Waals surface area contributed by atoms with E-state index in [-0.39, 0.29) is 5.69 Å². The lowest BCUT2D eigenvalue weighted by Crippen LogP contribution is -2.02. The maximum Gasteiger partial charge on any atom is 0.270 e. The second-order valence-corrected chi connectivity index (χ2v) is 4.93. The van der Waals surface area contributed by atoms with Gasteiger partial charge in [-0.3, -0.25) is 10.1 Å². The highest BCUT2D eigenvalue weighted by atomic mass is 16.6. The highest BCUT2D eigenvalue weighted by Gasteiger charge is 2.15. The third-order valence-electron chi connectivity index (χ3n) is 3.13. The number of nitro benzene ring substituents is 1. The molecule has 0 aliphatic carbocycles. The molecule has 0 aliphatic rings. The maximum atomic E-state index is 10.8. The van der Waals surface area contributed by atoms with Crippen LogP contribution < -0.4 is 4.74 Å². The summed E-state index contributed by atoms with van der Waals surface area (Å²) in [5, 5.41) is 20.5. The number of aliphatic hydroxyl groups is 1. The molecule has 0 saturated carbocycles. The van der Waals surface area contributed by atoms with E-state index >= 15 is 0 Å². The molecule has 110 valence electrons. The van der Waals surface area contributed by atoms with Crippen LogP contribution in [0.15, 0.2) is 42.5 Å². The van der Waals surface area contributed by atoms with Crippen LogP contribution in [0.2, 0.25) is 0 Å². The van der Waals surface area contributed by atoms with Crippen LogP contribution in [0, 0.1) is 17.0 Å². The van der Waals surface area contributed by atoms with Gasteiger partial charge in [-0.15, -0.1) is 0 Å². The third kappa shape index (κ3) is 3.79. The van der Waals surface area contributed by atoms with E-state index in [9.17, 15) is 15.2 Å². The zero-order valence-electron chi connectivity index (χ0n) is 11.9. The molecule has 0 spiro atoms. The molecular formula is C16H17NO4. The molecule has 1 N–H and O–H groups in total. The van der Waals surface area contributed by atoms with Crippen LogP contribution in [0.4, 0.5) is 5.69 Å².